The lowest BCUT2D eigenvalue weighted by Crippen LogP contribution is -2.32. The molecule has 18 heavy (non-hydrogen) atoms. The van der Waals surface area contributed by atoms with E-state index in [0.29, 0.717) is 5.92 Å². The van der Waals surface area contributed by atoms with Crippen LogP contribution in [-0.4, -0.2) is 6.04 Å². The van der Waals surface area contributed by atoms with Crippen LogP contribution in [0.15, 0.2) is 24.3 Å². The molecule has 0 bridgehead atoms. The highest BCUT2D eigenvalue weighted by Gasteiger charge is 2.59. The van der Waals surface area contributed by atoms with Gasteiger partial charge in [0.1, 0.15) is 0 Å². The molecule has 2 aliphatic rings. The van der Waals surface area contributed by atoms with E-state index in [4.69, 9.17) is 5.73 Å². The third kappa shape index (κ3) is 1.66. The van der Waals surface area contributed by atoms with Crippen molar-refractivity contribution in [2.75, 3.05) is 0 Å². The highest BCUT2D eigenvalue weighted by molar-refractivity contribution is 5.40. The number of hydrogen-bond acceptors (Lipinski definition) is 1. The molecule has 2 fully saturated rings. The molecule has 2 aliphatic carbocycles. The average Bonchev–Trinajstić information content (AvgIpc) is 2.87. The number of alkyl halides is 3. The van der Waals surface area contributed by atoms with E-state index in [1.165, 1.54) is 18.6 Å². The summed E-state index contributed by atoms with van der Waals surface area (Å²) < 4.78 is 38.2. The second-order valence-electron chi connectivity index (χ2n) is 5.56. The molecule has 3 rings (SSSR count). The van der Waals surface area contributed by atoms with E-state index in [1.54, 1.807) is 6.07 Å². The van der Waals surface area contributed by atoms with Gasteiger partial charge in [0.2, 0.25) is 0 Å². The van der Waals surface area contributed by atoms with Crippen molar-refractivity contribution in [1.82, 2.24) is 0 Å². The number of hydrogen-bond donors (Lipinski definition) is 1. The van der Waals surface area contributed by atoms with Crippen LogP contribution in [0.25, 0.3) is 0 Å². The molecule has 0 radical (unpaired) electrons. The second kappa shape index (κ2) is 3.73. The maximum Gasteiger partial charge on any atom is 0.416 e. The van der Waals surface area contributed by atoms with E-state index >= 15 is 0 Å². The fourth-order valence-corrected chi connectivity index (χ4v) is 3.25. The third-order valence-corrected chi connectivity index (χ3v) is 4.62. The maximum atomic E-state index is 12.7. The molecule has 1 unspecified atom stereocenters. The highest BCUT2D eigenvalue weighted by Crippen LogP contribution is 2.59. The lowest BCUT2D eigenvalue weighted by molar-refractivity contribution is -0.137. The van der Waals surface area contributed by atoms with Gasteiger partial charge in [-0.1, -0.05) is 24.6 Å². The first-order valence-electron chi connectivity index (χ1n) is 6.38. The molecule has 2 N–H and O–H groups in total. The van der Waals surface area contributed by atoms with Crippen LogP contribution in [0.3, 0.4) is 0 Å². The van der Waals surface area contributed by atoms with Gasteiger partial charge in [-0.25, -0.2) is 0 Å². The molecular formula is C14H16F3N. The normalized spacial score (nSPS) is 32.1. The number of benzene rings is 1. The molecule has 2 saturated carbocycles. The third-order valence-electron chi connectivity index (χ3n) is 4.62. The lowest BCUT2D eigenvalue weighted by Gasteiger charge is -2.35. The Morgan fingerprint density at radius 1 is 1.22 bits per heavy atom. The van der Waals surface area contributed by atoms with Gasteiger partial charge in [0.05, 0.1) is 5.56 Å². The minimum absolute atomic E-state index is 0.0336. The van der Waals surface area contributed by atoms with Gasteiger partial charge >= 0.3 is 6.18 Å². The summed E-state index contributed by atoms with van der Waals surface area (Å²) in [5.41, 5.74) is 6.08. The fraction of sp³-hybridized carbons (Fsp3) is 0.571. The van der Waals surface area contributed by atoms with Gasteiger partial charge in [-0.15, -0.1) is 0 Å². The van der Waals surface area contributed by atoms with E-state index in [9.17, 15) is 13.2 Å². The molecule has 1 nitrogen and oxygen atoms in total. The van der Waals surface area contributed by atoms with Crippen molar-refractivity contribution in [2.45, 2.75) is 43.3 Å². The van der Waals surface area contributed by atoms with E-state index in [0.717, 1.165) is 30.9 Å². The van der Waals surface area contributed by atoms with Crippen LogP contribution in [0.5, 0.6) is 0 Å². The number of nitrogens with two attached hydrogens (primary N) is 1. The fourth-order valence-electron chi connectivity index (χ4n) is 3.25. The quantitative estimate of drug-likeness (QED) is 0.860. The Balaban J connectivity index is 1.97. The summed E-state index contributed by atoms with van der Waals surface area (Å²) in [6.45, 7) is 0. The number of halogens is 3. The van der Waals surface area contributed by atoms with Crippen LogP contribution in [0.2, 0.25) is 0 Å². The van der Waals surface area contributed by atoms with Crippen LogP contribution in [0.4, 0.5) is 13.2 Å². The summed E-state index contributed by atoms with van der Waals surface area (Å²) in [5.74, 6) is 0.482. The van der Waals surface area contributed by atoms with Gasteiger partial charge in [0.15, 0.2) is 0 Å². The first-order chi connectivity index (χ1) is 8.44. The zero-order valence-electron chi connectivity index (χ0n) is 10.0. The molecule has 0 aliphatic heterocycles. The van der Waals surface area contributed by atoms with E-state index in [1.807, 2.05) is 0 Å². The molecule has 0 saturated heterocycles. The van der Waals surface area contributed by atoms with Gasteiger partial charge in [-0.2, -0.15) is 13.2 Å². The summed E-state index contributed by atoms with van der Waals surface area (Å²) in [7, 11) is 0. The van der Waals surface area contributed by atoms with Crippen LogP contribution < -0.4 is 5.73 Å². The van der Waals surface area contributed by atoms with Crippen molar-refractivity contribution < 1.29 is 13.2 Å². The largest absolute Gasteiger partial charge is 0.416 e. The standard InChI is InChI=1S/C14H16F3N/c15-14(16,17)11-6-2-5-10(7-11)13(8-12(13)18)9-3-1-4-9/h2,5-7,9,12H,1,3-4,8,18H2/t12-,13?/m1/s1. The minimum Gasteiger partial charge on any atom is -0.327 e. The lowest BCUT2D eigenvalue weighted by atomic mass is 9.70. The maximum absolute atomic E-state index is 12.7. The molecule has 0 spiro atoms. The van der Waals surface area contributed by atoms with Crippen molar-refractivity contribution in [3.05, 3.63) is 35.4 Å². The Hall–Kier alpha value is -1.03. The first-order valence-corrected chi connectivity index (χ1v) is 6.38. The Bertz CT molecular complexity index is 464. The predicted octanol–water partition coefficient (Wildman–Crippen LogP) is 3.47. The van der Waals surface area contributed by atoms with Crippen LogP contribution >= 0.6 is 0 Å². The summed E-state index contributed by atoms with van der Waals surface area (Å²) in [4.78, 5) is 0. The van der Waals surface area contributed by atoms with Gasteiger partial charge in [-0.3, -0.25) is 0 Å². The molecule has 4 heteroatoms. The average molecular weight is 255 g/mol. The summed E-state index contributed by atoms with van der Waals surface area (Å²) >= 11 is 0. The molecule has 1 aromatic carbocycles. The molecular weight excluding hydrogens is 239 g/mol. The summed E-state index contributed by atoms with van der Waals surface area (Å²) in [5, 5.41) is 0. The SMILES string of the molecule is N[C@@H]1CC1(c1cccc(C(F)(F)F)c1)C1CCC1. The minimum atomic E-state index is -4.27. The zero-order chi connectivity index (χ0) is 13.0. The van der Waals surface area contributed by atoms with E-state index in [2.05, 4.69) is 0 Å². The Kier molecular flexibility index (Phi) is 2.49. The van der Waals surface area contributed by atoms with Gasteiger partial charge in [-0.05, 0) is 36.8 Å². The molecule has 0 amide bonds. The highest BCUT2D eigenvalue weighted by atomic mass is 19.4. The monoisotopic (exact) mass is 255 g/mol. The zero-order valence-corrected chi connectivity index (χ0v) is 10.0. The van der Waals surface area contributed by atoms with Crippen molar-refractivity contribution in [1.29, 1.82) is 0 Å². The van der Waals surface area contributed by atoms with Crippen molar-refractivity contribution in [3.8, 4) is 0 Å². The predicted molar refractivity (Wildman–Crippen MR) is 63.1 cm³/mol. The first kappa shape index (κ1) is 12.0. The van der Waals surface area contributed by atoms with Crippen molar-refractivity contribution in [3.63, 3.8) is 0 Å². The molecule has 98 valence electrons. The van der Waals surface area contributed by atoms with Crippen LogP contribution in [0, 0.1) is 5.92 Å². The van der Waals surface area contributed by atoms with E-state index in [-0.39, 0.29) is 11.5 Å². The van der Waals surface area contributed by atoms with Gasteiger partial charge in [0, 0.05) is 11.5 Å². The van der Waals surface area contributed by atoms with E-state index < -0.39 is 11.7 Å². The van der Waals surface area contributed by atoms with Gasteiger partial charge in [0.25, 0.3) is 0 Å². The van der Waals surface area contributed by atoms with Crippen LogP contribution in [0.1, 0.15) is 36.8 Å². The van der Waals surface area contributed by atoms with Crippen molar-refractivity contribution in [2.24, 2.45) is 11.7 Å². The van der Waals surface area contributed by atoms with Crippen molar-refractivity contribution >= 4 is 0 Å². The smallest absolute Gasteiger partial charge is 0.327 e. The van der Waals surface area contributed by atoms with Gasteiger partial charge < -0.3 is 5.73 Å². The Labute approximate surface area is 104 Å². The Morgan fingerprint density at radius 3 is 2.33 bits per heavy atom. The molecule has 0 aromatic heterocycles. The number of rotatable bonds is 2. The van der Waals surface area contributed by atoms with Crippen LogP contribution in [-0.2, 0) is 11.6 Å². The Morgan fingerprint density at radius 2 is 1.89 bits per heavy atom. The summed E-state index contributed by atoms with van der Waals surface area (Å²) in [6, 6.07) is 5.77. The molecule has 0 heterocycles. The second-order valence-corrected chi connectivity index (χ2v) is 5.56. The summed E-state index contributed by atoms with van der Waals surface area (Å²) in [6.07, 6.45) is -0.0548. The topological polar surface area (TPSA) is 26.0 Å². The molecule has 2 atom stereocenters. The molecule has 1 aromatic rings.